The van der Waals surface area contributed by atoms with Gasteiger partial charge in [-0.2, -0.15) is 0 Å². The Hall–Kier alpha value is -2.96. The van der Waals surface area contributed by atoms with Crippen LogP contribution < -0.4 is 5.32 Å². The smallest absolute Gasteiger partial charge is 0.269 e. The van der Waals surface area contributed by atoms with Gasteiger partial charge in [-0.1, -0.05) is 12.1 Å². The standard InChI is InChI=1S/C20H19N3O4/c24-22(25)14-5-3-11(4-6-14)20-19-13-2-1-12(9-13)18(19)16-10-15(23(26)27)7-8-17(16)21-20/h3-8,10,12-13,18-21H,1-2,9H2/t12-,13-,18+,19-,20-/m0/s1. The Morgan fingerprint density at radius 3 is 2.26 bits per heavy atom. The normalized spacial score (nSPS) is 30.3. The van der Waals surface area contributed by atoms with Crippen molar-refractivity contribution in [3.63, 3.8) is 0 Å². The summed E-state index contributed by atoms with van der Waals surface area (Å²) >= 11 is 0. The summed E-state index contributed by atoms with van der Waals surface area (Å²) in [5.41, 5.74) is 3.31. The van der Waals surface area contributed by atoms with Gasteiger partial charge in [0.05, 0.1) is 15.9 Å². The minimum Gasteiger partial charge on any atom is -0.378 e. The van der Waals surface area contributed by atoms with E-state index in [0.717, 1.165) is 16.8 Å². The number of nitro groups is 2. The van der Waals surface area contributed by atoms with Crippen LogP contribution in [-0.2, 0) is 0 Å². The van der Waals surface area contributed by atoms with Gasteiger partial charge in [-0.05, 0) is 60.1 Å². The summed E-state index contributed by atoms with van der Waals surface area (Å²) in [7, 11) is 0. The SMILES string of the molecule is O=[N+]([O-])c1ccc([C@@H]2Nc3ccc([N+](=O)[O-])cc3[C@H]3[C@H]4CC[C@@H](C4)[C@@H]32)cc1. The second-order valence-corrected chi connectivity index (χ2v) is 7.94. The number of rotatable bonds is 3. The van der Waals surface area contributed by atoms with Crippen LogP contribution >= 0.6 is 0 Å². The van der Waals surface area contributed by atoms with E-state index in [4.69, 9.17) is 0 Å². The van der Waals surface area contributed by atoms with Crippen molar-refractivity contribution in [1.29, 1.82) is 0 Å². The van der Waals surface area contributed by atoms with E-state index in [-0.39, 0.29) is 27.3 Å². The summed E-state index contributed by atoms with van der Waals surface area (Å²) in [4.78, 5) is 21.5. The molecule has 7 heteroatoms. The summed E-state index contributed by atoms with van der Waals surface area (Å²) in [6.45, 7) is 0. The lowest BCUT2D eigenvalue weighted by atomic mass is 9.68. The Kier molecular flexibility index (Phi) is 3.47. The summed E-state index contributed by atoms with van der Waals surface area (Å²) in [6, 6.07) is 12.0. The Morgan fingerprint density at radius 2 is 1.56 bits per heavy atom. The third-order valence-corrected chi connectivity index (χ3v) is 6.74. The van der Waals surface area contributed by atoms with E-state index in [1.807, 2.05) is 18.2 Å². The Balaban J connectivity index is 1.58. The number of nitrogens with zero attached hydrogens (tertiary/aromatic N) is 2. The van der Waals surface area contributed by atoms with Crippen molar-refractivity contribution in [3.05, 3.63) is 73.8 Å². The minimum absolute atomic E-state index is 0.0834. The molecule has 5 rings (SSSR count). The lowest BCUT2D eigenvalue weighted by Gasteiger charge is -2.43. The molecular weight excluding hydrogens is 346 g/mol. The monoisotopic (exact) mass is 365 g/mol. The van der Waals surface area contributed by atoms with Crippen molar-refractivity contribution in [2.75, 3.05) is 5.32 Å². The van der Waals surface area contributed by atoms with Crippen LogP contribution in [0, 0.1) is 38.0 Å². The summed E-state index contributed by atoms with van der Waals surface area (Å²) in [5.74, 6) is 1.86. The predicted octanol–water partition coefficient (Wildman–Crippen LogP) is 4.80. The summed E-state index contributed by atoms with van der Waals surface area (Å²) in [5, 5.41) is 25.8. The van der Waals surface area contributed by atoms with Crippen LogP contribution in [0.25, 0.3) is 0 Å². The van der Waals surface area contributed by atoms with Gasteiger partial charge in [0.15, 0.2) is 0 Å². The highest BCUT2D eigenvalue weighted by Crippen LogP contribution is 2.63. The largest absolute Gasteiger partial charge is 0.378 e. The molecule has 27 heavy (non-hydrogen) atoms. The van der Waals surface area contributed by atoms with Crippen molar-refractivity contribution in [2.45, 2.75) is 31.2 Å². The van der Waals surface area contributed by atoms with E-state index in [2.05, 4.69) is 5.32 Å². The fourth-order valence-electron chi connectivity index (χ4n) is 5.72. The molecule has 3 aliphatic rings. The first-order valence-electron chi connectivity index (χ1n) is 9.32. The fourth-order valence-corrected chi connectivity index (χ4v) is 5.72. The lowest BCUT2D eigenvalue weighted by Crippen LogP contribution is -2.35. The van der Waals surface area contributed by atoms with Gasteiger partial charge >= 0.3 is 0 Å². The van der Waals surface area contributed by atoms with Crippen LogP contribution in [0.15, 0.2) is 42.5 Å². The van der Waals surface area contributed by atoms with Gasteiger partial charge in [0, 0.05) is 30.0 Å². The number of benzene rings is 2. The zero-order valence-electron chi connectivity index (χ0n) is 14.6. The molecular formula is C20H19N3O4. The van der Waals surface area contributed by atoms with Crippen LogP contribution in [0.1, 0.15) is 42.3 Å². The zero-order chi connectivity index (χ0) is 18.7. The number of nitrogens with one attached hydrogen (secondary N) is 1. The Morgan fingerprint density at radius 1 is 0.889 bits per heavy atom. The molecule has 1 heterocycles. The molecule has 2 aromatic carbocycles. The second kappa shape index (κ2) is 5.77. The first-order chi connectivity index (χ1) is 13.0. The molecule has 138 valence electrons. The van der Waals surface area contributed by atoms with Gasteiger partial charge in [0.1, 0.15) is 0 Å². The molecule has 2 aromatic rings. The highest BCUT2D eigenvalue weighted by molar-refractivity contribution is 5.62. The zero-order valence-corrected chi connectivity index (χ0v) is 14.6. The van der Waals surface area contributed by atoms with Crippen molar-refractivity contribution >= 4 is 17.1 Å². The van der Waals surface area contributed by atoms with Crippen LogP contribution in [0.3, 0.4) is 0 Å². The van der Waals surface area contributed by atoms with Crippen molar-refractivity contribution < 1.29 is 9.85 Å². The molecule has 0 aromatic heterocycles. The molecule has 2 aliphatic carbocycles. The van der Waals surface area contributed by atoms with Gasteiger partial charge in [-0.3, -0.25) is 20.2 Å². The highest BCUT2D eigenvalue weighted by Gasteiger charge is 2.54. The molecule has 7 nitrogen and oxygen atoms in total. The molecule has 1 N–H and O–H groups in total. The molecule has 0 spiro atoms. The van der Waals surface area contributed by atoms with Gasteiger partial charge in [-0.15, -0.1) is 0 Å². The quantitative estimate of drug-likeness (QED) is 0.622. The highest BCUT2D eigenvalue weighted by atomic mass is 16.6. The number of non-ortho nitro benzene ring substituents is 2. The summed E-state index contributed by atoms with van der Waals surface area (Å²) in [6.07, 6.45) is 3.55. The van der Waals surface area contributed by atoms with E-state index >= 15 is 0 Å². The van der Waals surface area contributed by atoms with Crippen molar-refractivity contribution in [3.8, 4) is 0 Å². The van der Waals surface area contributed by atoms with Crippen molar-refractivity contribution in [2.24, 2.45) is 17.8 Å². The first kappa shape index (κ1) is 16.2. The van der Waals surface area contributed by atoms with E-state index in [1.54, 1.807) is 24.3 Å². The first-order valence-corrected chi connectivity index (χ1v) is 9.32. The lowest BCUT2D eigenvalue weighted by molar-refractivity contribution is -0.385. The van der Waals surface area contributed by atoms with Crippen LogP contribution in [0.2, 0.25) is 0 Å². The third kappa shape index (κ3) is 2.41. The van der Waals surface area contributed by atoms with Crippen molar-refractivity contribution in [1.82, 2.24) is 0 Å². The van der Waals surface area contributed by atoms with Gasteiger partial charge in [0.25, 0.3) is 11.4 Å². The molecule has 2 saturated carbocycles. The topological polar surface area (TPSA) is 98.3 Å². The van der Waals surface area contributed by atoms with Crippen LogP contribution in [-0.4, -0.2) is 9.85 Å². The maximum absolute atomic E-state index is 11.2. The number of fused-ring (bicyclic) bond motifs is 7. The van der Waals surface area contributed by atoms with E-state index in [1.165, 1.54) is 19.3 Å². The van der Waals surface area contributed by atoms with E-state index in [9.17, 15) is 20.2 Å². The fraction of sp³-hybridized carbons (Fsp3) is 0.400. The third-order valence-electron chi connectivity index (χ3n) is 6.74. The number of anilines is 1. The Labute approximate surface area is 155 Å². The molecule has 0 unspecified atom stereocenters. The van der Waals surface area contributed by atoms with Gasteiger partial charge in [0.2, 0.25) is 0 Å². The second-order valence-electron chi connectivity index (χ2n) is 7.94. The number of nitro benzene ring substituents is 2. The van der Waals surface area contributed by atoms with Gasteiger partial charge in [-0.25, -0.2) is 0 Å². The average molecular weight is 365 g/mol. The molecule has 0 radical (unpaired) electrons. The molecule has 2 fully saturated rings. The van der Waals surface area contributed by atoms with E-state index in [0.29, 0.717) is 23.7 Å². The predicted molar refractivity (Wildman–Crippen MR) is 99.6 cm³/mol. The number of hydrogen-bond donors (Lipinski definition) is 1. The van der Waals surface area contributed by atoms with Crippen LogP contribution in [0.4, 0.5) is 17.1 Å². The van der Waals surface area contributed by atoms with Gasteiger partial charge < -0.3 is 5.32 Å². The van der Waals surface area contributed by atoms with Crippen LogP contribution in [0.5, 0.6) is 0 Å². The maximum atomic E-state index is 11.2. The van der Waals surface area contributed by atoms with E-state index < -0.39 is 0 Å². The molecule has 0 amide bonds. The molecule has 5 atom stereocenters. The Bertz CT molecular complexity index is 943. The average Bonchev–Trinajstić information content (AvgIpc) is 3.29. The minimum atomic E-state index is -0.382. The maximum Gasteiger partial charge on any atom is 0.269 e. The summed E-state index contributed by atoms with van der Waals surface area (Å²) < 4.78 is 0. The number of hydrogen-bond acceptors (Lipinski definition) is 5. The molecule has 1 aliphatic heterocycles. The molecule has 0 saturated heterocycles. The molecule has 2 bridgehead atoms.